The lowest BCUT2D eigenvalue weighted by Crippen LogP contribution is -2.40. The van der Waals surface area contributed by atoms with Crippen LogP contribution < -0.4 is 15.4 Å². The Morgan fingerprint density at radius 1 is 0.438 bits per heavy atom. The fourth-order valence-corrected chi connectivity index (χ4v) is 17.5. The number of amides is 2. The maximum absolute atomic E-state index is 14.9. The molecule has 2 aromatic heterocycles. The summed E-state index contributed by atoms with van der Waals surface area (Å²) in [6.07, 6.45) is 21.2. The van der Waals surface area contributed by atoms with Gasteiger partial charge in [-0.3, -0.25) is 19.2 Å². The largest absolute Gasteiger partial charge is 0.508 e. The number of anilines is 2. The van der Waals surface area contributed by atoms with E-state index in [1.165, 1.54) is 119 Å². The predicted molar refractivity (Wildman–Crippen MR) is 461 cm³/mol. The normalized spacial score (nSPS) is 12.0. The number of nitrogens with one attached hydrogen (secondary N) is 2. The molecule has 0 radical (unpaired) electrons. The lowest BCUT2D eigenvalue weighted by molar-refractivity contribution is -0.121. The van der Waals surface area contributed by atoms with Crippen LogP contribution in [0.15, 0.2) is 228 Å². The zero-order valence-corrected chi connectivity index (χ0v) is 69.3. The van der Waals surface area contributed by atoms with Crippen molar-refractivity contribution in [3.05, 3.63) is 256 Å². The number of hydrogen-bond donors (Lipinski definition) is 4. The quantitative estimate of drug-likeness (QED) is 0.0123. The van der Waals surface area contributed by atoms with E-state index in [4.69, 9.17) is 33.0 Å². The first-order valence-corrected chi connectivity index (χ1v) is 43.9. The molecular weight excluding hydrogens is 1550 g/mol. The summed E-state index contributed by atoms with van der Waals surface area (Å²) in [4.78, 5) is 55.4. The Balaban J connectivity index is 0.000000240. The molecule has 112 heavy (non-hydrogen) atoms. The molecule has 590 valence electrons. The van der Waals surface area contributed by atoms with Crippen molar-refractivity contribution in [3.63, 3.8) is 0 Å². The molecule has 15 nitrogen and oxygen atoms in total. The highest BCUT2D eigenvalue weighted by molar-refractivity contribution is 9.10. The first-order chi connectivity index (χ1) is 54.0. The molecule has 2 unspecified atom stereocenters. The van der Waals surface area contributed by atoms with E-state index < -0.39 is 54.0 Å². The third kappa shape index (κ3) is 24.4. The molecular formula is C92H103BrCl2N4O11S2. The van der Waals surface area contributed by atoms with E-state index in [1.807, 2.05) is 176 Å². The predicted octanol–water partition coefficient (Wildman–Crippen LogP) is 23.2. The minimum absolute atomic E-state index is 0.0124. The van der Waals surface area contributed by atoms with E-state index in [2.05, 4.69) is 40.4 Å². The molecule has 4 N–H and O–H groups in total. The summed E-state index contributed by atoms with van der Waals surface area (Å²) in [5, 5.41) is 25.4. The minimum atomic E-state index is -3.61. The lowest BCUT2D eigenvalue weighted by Gasteiger charge is -2.20. The number of alkyl halides is 1. The zero-order valence-electron chi connectivity index (χ0n) is 64.6. The number of phenols is 2. The molecule has 2 amide bonds. The summed E-state index contributed by atoms with van der Waals surface area (Å²) in [7, 11) is -3.34. The Morgan fingerprint density at radius 2 is 0.795 bits per heavy atom. The number of aryl methyl sites for hydroxylation is 3. The smallest absolute Gasteiger partial charge is 0.273 e. The van der Waals surface area contributed by atoms with Gasteiger partial charge in [-0.2, -0.15) is 0 Å². The van der Waals surface area contributed by atoms with Crippen LogP contribution in [0.2, 0.25) is 10.0 Å². The number of carbonyl (C=O) groups excluding carboxylic acids is 4. The molecule has 0 spiro atoms. The number of rotatable bonds is 38. The molecule has 2 atom stereocenters. The van der Waals surface area contributed by atoms with E-state index in [9.17, 15) is 41.1 Å². The van der Waals surface area contributed by atoms with Gasteiger partial charge in [-0.05, 0) is 133 Å². The number of sulfone groups is 2. The van der Waals surface area contributed by atoms with Crippen LogP contribution >= 0.6 is 39.1 Å². The van der Waals surface area contributed by atoms with Gasteiger partial charge >= 0.3 is 0 Å². The molecule has 0 saturated carbocycles. The van der Waals surface area contributed by atoms with Crippen LogP contribution in [-0.2, 0) is 49.8 Å². The summed E-state index contributed by atoms with van der Waals surface area (Å²) < 4.78 is 62.7. The van der Waals surface area contributed by atoms with E-state index in [1.54, 1.807) is 36.4 Å². The molecule has 0 aliphatic carbocycles. The molecule has 0 aliphatic rings. The number of nitrogens with zero attached hydrogens (tertiary/aromatic N) is 2. The summed E-state index contributed by atoms with van der Waals surface area (Å²) in [5.74, 6) is -1.43. The SMILES string of the molecule is CCCCCCCCCCCCS(=O)(=O)c1ccc(NC(=O)C(Br)C(=O)c2c(-c3ccccc3)n(C)c3ccccc23)c(Cl)c1.CCCCCCCCCCCCS(=O)(=O)c1ccc(NC(=O)C(Oc2ccc(Cc3ccc(O)cc3)cc2)C(=O)c2c(-c3ccccc3)n(C)c3ccccc23)c(Cl)c1.Cc1ccc(O)cc1. The first kappa shape index (κ1) is 86.7. The van der Waals surface area contributed by atoms with Gasteiger partial charge in [-0.15, -0.1) is 0 Å². The van der Waals surface area contributed by atoms with Gasteiger partial charge in [-0.1, -0.05) is 308 Å². The minimum Gasteiger partial charge on any atom is -0.508 e. The second-order valence-electron chi connectivity index (χ2n) is 28.5. The molecule has 0 saturated heterocycles. The second-order valence-corrected chi connectivity index (χ2v) is 34.5. The molecule has 11 aromatic rings. The van der Waals surface area contributed by atoms with Gasteiger partial charge in [0.05, 0.1) is 65.2 Å². The maximum atomic E-state index is 14.9. The van der Waals surface area contributed by atoms with E-state index in [0.29, 0.717) is 58.7 Å². The van der Waals surface area contributed by atoms with Gasteiger partial charge in [0, 0.05) is 35.9 Å². The highest BCUT2D eigenvalue weighted by Crippen LogP contribution is 2.38. The highest BCUT2D eigenvalue weighted by Gasteiger charge is 2.36. The van der Waals surface area contributed by atoms with Gasteiger partial charge in [-0.25, -0.2) is 16.8 Å². The van der Waals surface area contributed by atoms with Crippen LogP contribution in [0.5, 0.6) is 17.2 Å². The molecule has 20 heteroatoms. The number of ketones is 2. The standard InChI is InChI=1S/C49H53ClN2O6S.C36H42BrClN2O4S.C7H8O/c1-3-4-5-6-7-8-9-10-11-17-32-59(56,57)40-30-31-43(42(50)34-40)51-49(55)48(58-39-28-24-36(25-29-39)33-35-22-26-38(53)27-23-35)47(54)45-41-20-15-16-21-44(41)52(2)46(45)37-18-13-12-14-19-37;1-3-4-5-6-7-8-9-10-11-17-24-45(43,44)27-22-23-30(29(38)25-27)39-36(42)33(37)35(41)32-28-20-15-16-21-31(28)40(2)34(32)26-18-13-12-14-19-26;1-6-2-4-7(8)5-3-6/h12-16,18-31,34,48,53H,3-11,17,32-33H2,1-2H3,(H,51,55);12-16,18-23,25,33H,3-11,17,24H2,1-2H3,(H,39,42);2-5,8H,1H3. The number of benzene rings is 9. The van der Waals surface area contributed by atoms with Gasteiger partial charge in [0.25, 0.3) is 5.91 Å². The number of para-hydroxylation sites is 2. The number of hydrogen-bond acceptors (Lipinski definition) is 11. The van der Waals surface area contributed by atoms with Crippen molar-refractivity contribution in [1.29, 1.82) is 0 Å². The van der Waals surface area contributed by atoms with Gasteiger partial charge in [0.15, 0.2) is 30.3 Å². The Bertz CT molecular complexity index is 5130. The summed E-state index contributed by atoms with van der Waals surface area (Å²) in [6.45, 7) is 6.41. The van der Waals surface area contributed by atoms with Crippen molar-refractivity contribution in [3.8, 4) is 39.8 Å². The summed E-state index contributed by atoms with van der Waals surface area (Å²) in [6, 6.07) is 64.0. The van der Waals surface area contributed by atoms with Crippen molar-refractivity contribution in [2.45, 2.75) is 176 Å². The molecule has 0 bridgehead atoms. The monoisotopic (exact) mass is 1650 g/mol. The number of unbranched alkanes of at least 4 members (excludes halogenated alkanes) is 18. The van der Waals surface area contributed by atoms with Crippen molar-refractivity contribution in [2.75, 3.05) is 22.1 Å². The zero-order chi connectivity index (χ0) is 80.2. The Labute approximate surface area is 679 Å². The lowest BCUT2D eigenvalue weighted by atomic mass is 9.98. The van der Waals surface area contributed by atoms with Crippen LogP contribution in [0.25, 0.3) is 44.3 Å². The van der Waals surface area contributed by atoms with Crippen LogP contribution in [0.4, 0.5) is 11.4 Å². The topological polar surface area (TPSA) is 220 Å². The summed E-state index contributed by atoms with van der Waals surface area (Å²) >= 11 is 16.4. The fourth-order valence-electron chi connectivity index (χ4n) is 13.7. The molecule has 0 fully saturated rings. The van der Waals surface area contributed by atoms with Crippen molar-refractivity contribution < 1.29 is 51.0 Å². The first-order valence-electron chi connectivity index (χ1n) is 38.9. The number of carbonyl (C=O) groups is 4. The van der Waals surface area contributed by atoms with E-state index >= 15 is 0 Å². The third-order valence-electron chi connectivity index (χ3n) is 19.9. The number of aromatic nitrogens is 2. The third-order valence-corrected chi connectivity index (χ3v) is 25.0. The number of fused-ring (bicyclic) bond motifs is 2. The molecule has 2 heterocycles. The van der Waals surface area contributed by atoms with Crippen molar-refractivity contribution in [2.24, 2.45) is 14.1 Å². The van der Waals surface area contributed by atoms with Crippen LogP contribution in [0.1, 0.15) is 180 Å². The Kier molecular flexibility index (Phi) is 33.4. The van der Waals surface area contributed by atoms with E-state index in [-0.39, 0.29) is 48.5 Å². The number of phenolic OH excluding ortho intramolecular Hbond substituents is 2. The molecule has 9 aromatic carbocycles. The van der Waals surface area contributed by atoms with Crippen LogP contribution in [0, 0.1) is 6.92 Å². The fraction of sp³-hybridized carbons (Fsp3) is 0.326. The molecule has 0 aliphatic heterocycles. The maximum Gasteiger partial charge on any atom is 0.273 e. The van der Waals surface area contributed by atoms with Gasteiger partial charge < -0.3 is 34.7 Å². The van der Waals surface area contributed by atoms with Gasteiger partial charge in [0.1, 0.15) is 17.2 Å². The number of halogens is 3. The van der Waals surface area contributed by atoms with E-state index in [0.717, 1.165) is 77.2 Å². The van der Waals surface area contributed by atoms with Crippen LogP contribution in [0.3, 0.4) is 0 Å². The summed E-state index contributed by atoms with van der Waals surface area (Å²) in [5.41, 5.74) is 8.99. The van der Waals surface area contributed by atoms with Crippen LogP contribution in [-0.4, -0.2) is 82.0 Å². The number of Topliss-reactive ketones (excluding diaryl/α,β-unsaturated/α-hetero) is 2. The average molecular weight is 1660 g/mol. The second kappa shape index (κ2) is 43.1. The number of ether oxygens (including phenoxy) is 1. The number of aromatic hydroxyl groups is 2. The van der Waals surface area contributed by atoms with Crippen molar-refractivity contribution >= 4 is 115 Å². The highest BCUT2D eigenvalue weighted by atomic mass is 79.9. The average Bonchev–Trinajstić information content (AvgIpc) is 1.60. The Hall–Kier alpha value is -9.30. The molecule has 11 rings (SSSR count). The van der Waals surface area contributed by atoms with Crippen molar-refractivity contribution in [1.82, 2.24) is 9.13 Å². The van der Waals surface area contributed by atoms with Gasteiger partial charge in [0.2, 0.25) is 17.8 Å². The Morgan fingerprint density at radius 3 is 1.20 bits per heavy atom.